The Morgan fingerprint density at radius 1 is 1.07 bits per heavy atom. The van der Waals surface area contributed by atoms with E-state index in [-0.39, 0.29) is 6.04 Å². The van der Waals surface area contributed by atoms with Gasteiger partial charge in [-0.3, -0.25) is 0 Å². The van der Waals surface area contributed by atoms with Crippen molar-refractivity contribution in [2.24, 2.45) is 0 Å². The zero-order valence-corrected chi connectivity index (χ0v) is 16.5. The minimum absolute atomic E-state index is 0.0168. The van der Waals surface area contributed by atoms with Crippen molar-refractivity contribution in [3.8, 4) is 5.75 Å². The largest absolute Gasteiger partial charge is 0.497 e. The average Bonchev–Trinajstić information content (AvgIpc) is 2.71. The van der Waals surface area contributed by atoms with Crippen LogP contribution in [0.5, 0.6) is 5.75 Å². The third-order valence-corrected chi connectivity index (χ3v) is 5.60. The molecular formula is C22H22ClN3O. The van der Waals surface area contributed by atoms with E-state index in [1.54, 1.807) is 7.11 Å². The molecule has 0 aliphatic carbocycles. The normalized spacial score (nSPS) is 16.1. The highest BCUT2D eigenvalue weighted by molar-refractivity contribution is 6.30. The Labute approximate surface area is 164 Å². The number of aromatic nitrogens is 2. The number of benzene rings is 2. The highest BCUT2D eigenvalue weighted by Crippen LogP contribution is 2.33. The minimum Gasteiger partial charge on any atom is -0.497 e. The number of ether oxygens (including phenoxy) is 1. The number of halogens is 1. The van der Waals surface area contributed by atoms with Crippen LogP contribution >= 0.6 is 11.6 Å². The number of aryl methyl sites for hydroxylation is 1. The number of nitrogens with one attached hydrogen (secondary N) is 1. The molecule has 4 rings (SSSR count). The number of hydrogen-bond acceptors (Lipinski definition) is 4. The van der Waals surface area contributed by atoms with Gasteiger partial charge in [-0.25, -0.2) is 0 Å². The molecule has 0 fully saturated rings. The van der Waals surface area contributed by atoms with Gasteiger partial charge in [0, 0.05) is 11.6 Å². The van der Waals surface area contributed by atoms with Crippen LogP contribution in [-0.4, -0.2) is 17.3 Å². The second-order valence-electron chi connectivity index (χ2n) is 6.94. The van der Waals surface area contributed by atoms with E-state index in [1.807, 2.05) is 25.1 Å². The maximum absolute atomic E-state index is 6.11. The maximum Gasteiger partial charge on any atom is 0.119 e. The van der Waals surface area contributed by atoms with Crippen LogP contribution in [0.1, 0.15) is 45.2 Å². The second kappa shape index (κ2) is 7.29. The van der Waals surface area contributed by atoms with Crippen molar-refractivity contribution in [3.05, 3.63) is 86.7 Å². The van der Waals surface area contributed by atoms with E-state index < -0.39 is 0 Å². The zero-order chi connectivity index (χ0) is 19.0. The molecule has 0 saturated carbocycles. The number of nitrogens with zero attached hydrogens (tertiary/aromatic N) is 2. The van der Waals surface area contributed by atoms with Crippen LogP contribution < -0.4 is 10.1 Å². The molecule has 0 amide bonds. The molecule has 1 aliphatic rings. The summed E-state index contributed by atoms with van der Waals surface area (Å²) in [5.74, 6) is 0.852. The van der Waals surface area contributed by atoms with E-state index in [4.69, 9.17) is 16.3 Å². The molecule has 2 aromatic carbocycles. The van der Waals surface area contributed by atoms with Crippen LogP contribution in [-0.2, 0) is 13.0 Å². The van der Waals surface area contributed by atoms with Gasteiger partial charge < -0.3 is 10.1 Å². The van der Waals surface area contributed by atoms with E-state index >= 15 is 0 Å². The quantitative estimate of drug-likeness (QED) is 0.710. The first kappa shape index (κ1) is 18.0. The predicted molar refractivity (Wildman–Crippen MR) is 107 cm³/mol. The van der Waals surface area contributed by atoms with E-state index in [0.717, 1.165) is 34.1 Å². The predicted octanol–water partition coefficient (Wildman–Crippen LogP) is 4.54. The molecule has 5 heteroatoms. The lowest BCUT2D eigenvalue weighted by atomic mass is 9.90. The Morgan fingerprint density at radius 3 is 2.59 bits per heavy atom. The van der Waals surface area contributed by atoms with Gasteiger partial charge in [-0.1, -0.05) is 29.8 Å². The van der Waals surface area contributed by atoms with Crippen LogP contribution in [0.15, 0.2) is 42.5 Å². The summed E-state index contributed by atoms with van der Waals surface area (Å²) >= 11 is 6.11. The number of hydrogen-bond donors (Lipinski definition) is 1. The highest BCUT2D eigenvalue weighted by atomic mass is 35.5. The molecule has 1 unspecified atom stereocenters. The lowest BCUT2D eigenvalue weighted by molar-refractivity contribution is 0.413. The lowest BCUT2D eigenvalue weighted by Crippen LogP contribution is -2.23. The fraction of sp³-hybridized carbons (Fsp3) is 0.273. The van der Waals surface area contributed by atoms with Crippen LogP contribution in [0.3, 0.4) is 0 Å². The van der Waals surface area contributed by atoms with Crippen LogP contribution in [0.2, 0.25) is 5.02 Å². The number of rotatable bonds is 2. The topological polar surface area (TPSA) is 47.0 Å². The fourth-order valence-electron chi connectivity index (χ4n) is 3.73. The molecular weight excluding hydrogens is 358 g/mol. The van der Waals surface area contributed by atoms with Gasteiger partial charge in [0.15, 0.2) is 0 Å². The molecule has 1 N–H and O–H groups in total. The van der Waals surface area contributed by atoms with E-state index in [2.05, 4.69) is 46.7 Å². The number of methoxy groups -OCH3 is 1. The smallest absolute Gasteiger partial charge is 0.119 e. The molecule has 138 valence electrons. The van der Waals surface area contributed by atoms with E-state index in [0.29, 0.717) is 6.54 Å². The molecule has 3 aromatic rings. The molecule has 0 saturated heterocycles. The Bertz CT molecular complexity index is 986. The first-order chi connectivity index (χ1) is 13.1. The molecule has 2 bridgehead atoms. The molecule has 4 nitrogen and oxygen atoms in total. The van der Waals surface area contributed by atoms with Crippen LogP contribution in [0, 0.1) is 13.8 Å². The Morgan fingerprint density at radius 2 is 1.85 bits per heavy atom. The van der Waals surface area contributed by atoms with E-state index in [1.165, 1.54) is 22.3 Å². The standard InChI is InChI=1S/C22H22ClN3O/c1-13-19-10-16-6-9-18(27-3)11-20(16)22(15-4-7-17(23)8-5-15)24-12-21(13)26-25-14(19)2/h4-9,11,22,24H,10,12H2,1-3H3. The van der Waals surface area contributed by atoms with Crippen molar-refractivity contribution in [2.45, 2.75) is 32.9 Å². The minimum atomic E-state index is 0.0168. The summed E-state index contributed by atoms with van der Waals surface area (Å²) in [4.78, 5) is 0. The Kier molecular flexibility index (Phi) is 4.85. The summed E-state index contributed by atoms with van der Waals surface area (Å²) in [6, 6.07) is 14.3. The Balaban J connectivity index is 1.90. The zero-order valence-electron chi connectivity index (χ0n) is 15.7. The molecule has 1 aromatic heterocycles. The number of fused-ring (bicyclic) bond motifs is 3. The van der Waals surface area contributed by atoms with Crippen molar-refractivity contribution in [1.29, 1.82) is 0 Å². The van der Waals surface area contributed by atoms with E-state index in [9.17, 15) is 0 Å². The maximum atomic E-state index is 6.11. The summed E-state index contributed by atoms with van der Waals surface area (Å²) in [6.45, 7) is 4.82. The van der Waals surface area contributed by atoms with Crippen LogP contribution in [0.4, 0.5) is 0 Å². The summed E-state index contributed by atoms with van der Waals surface area (Å²) in [5.41, 5.74) is 8.08. The second-order valence-corrected chi connectivity index (χ2v) is 7.38. The molecule has 2 heterocycles. The molecule has 1 aliphatic heterocycles. The van der Waals surface area contributed by atoms with Crippen molar-refractivity contribution in [3.63, 3.8) is 0 Å². The SMILES string of the molecule is COc1ccc2c(c1)C(c1ccc(Cl)cc1)NCc1nnc(C)c(c1C)C2. The van der Waals surface area contributed by atoms with Gasteiger partial charge in [-0.15, -0.1) is 0 Å². The molecule has 1 atom stereocenters. The molecule has 0 spiro atoms. The van der Waals surface area contributed by atoms with Gasteiger partial charge >= 0.3 is 0 Å². The third-order valence-electron chi connectivity index (χ3n) is 5.35. The van der Waals surface area contributed by atoms with Crippen molar-refractivity contribution in [1.82, 2.24) is 15.5 Å². The van der Waals surface area contributed by atoms with Crippen molar-refractivity contribution < 1.29 is 4.74 Å². The summed E-state index contributed by atoms with van der Waals surface area (Å²) < 4.78 is 5.51. The molecule has 0 radical (unpaired) electrons. The highest BCUT2D eigenvalue weighted by Gasteiger charge is 2.23. The first-order valence-electron chi connectivity index (χ1n) is 9.04. The van der Waals surface area contributed by atoms with Gasteiger partial charge in [-0.2, -0.15) is 10.2 Å². The van der Waals surface area contributed by atoms with Gasteiger partial charge in [0.1, 0.15) is 5.75 Å². The van der Waals surface area contributed by atoms with Gasteiger partial charge in [0.05, 0.1) is 24.5 Å². The summed E-state index contributed by atoms with van der Waals surface area (Å²) in [7, 11) is 1.70. The Hall–Kier alpha value is -2.43. The van der Waals surface area contributed by atoms with Gasteiger partial charge in [0.25, 0.3) is 0 Å². The summed E-state index contributed by atoms with van der Waals surface area (Å²) in [5, 5.41) is 13.2. The third kappa shape index (κ3) is 3.43. The summed E-state index contributed by atoms with van der Waals surface area (Å²) in [6.07, 6.45) is 0.825. The van der Waals surface area contributed by atoms with Crippen LogP contribution in [0.25, 0.3) is 0 Å². The monoisotopic (exact) mass is 379 g/mol. The fourth-order valence-corrected chi connectivity index (χ4v) is 3.85. The lowest BCUT2D eigenvalue weighted by Gasteiger charge is -2.22. The average molecular weight is 380 g/mol. The van der Waals surface area contributed by atoms with Crippen molar-refractivity contribution >= 4 is 11.6 Å². The molecule has 27 heavy (non-hydrogen) atoms. The van der Waals surface area contributed by atoms with Gasteiger partial charge in [-0.05, 0) is 72.4 Å². The van der Waals surface area contributed by atoms with Crippen molar-refractivity contribution in [2.75, 3.05) is 7.11 Å². The van der Waals surface area contributed by atoms with Gasteiger partial charge in [0.2, 0.25) is 0 Å². The first-order valence-corrected chi connectivity index (χ1v) is 9.42.